The van der Waals surface area contributed by atoms with Crippen molar-refractivity contribution in [3.63, 3.8) is 0 Å². The highest BCUT2D eigenvalue weighted by Gasteiger charge is 2.21. The Hall–Kier alpha value is -3.60. The van der Waals surface area contributed by atoms with Crippen LogP contribution in [0, 0.1) is 0 Å². The number of para-hydroxylation sites is 1. The van der Waals surface area contributed by atoms with Crippen molar-refractivity contribution in [2.45, 2.75) is 6.04 Å². The minimum Gasteiger partial charge on any atom is -0.370 e. The molecule has 136 valence electrons. The molecule has 0 aliphatic carbocycles. The van der Waals surface area contributed by atoms with Crippen molar-refractivity contribution in [2.24, 2.45) is 0 Å². The average Bonchev–Trinajstić information content (AvgIpc) is 2.73. The van der Waals surface area contributed by atoms with E-state index in [2.05, 4.69) is 16.0 Å². The van der Waals surface area contributed by atoms with Gasteiger partial charge in [-0.15, -0.1) is 0 Å². The molecule has 2 amide bonds. The Kier molecular flexibility index (Phi) is 5.84. The van der Waals surface area contributed by atoms with Gasteiger partial charge in [0.2, 0.25) is 0 Å². The monoisotopic (exact) mass is 359 g/mol. The topological polar surface area (TPSA) is 70.2 Å². The second-order valence-electron chi connectivity index (χ2n) is 6.00. The number of hydrogen-bond acceptors (Lipinski definition) is 3. The van der Waals surface area contributed by atoms with Crippen LogP contribution < -0.4 is 16.0 Å². The number of hydrogen-bond donors (Lipinski definition) is 3. The first kappa shape index (κ1) is 18.2. The Morgan fingerprint density at radius 3 is 2.07 bits per heavy atom. The van der Waals surface area contributed by atoms with E-state index in [-0.39, 0.29) is 11.8 Å². The van der Waals surface area contributed by atoms with Crippen molar-refractivity contribution in [3.05, 3.63) is 96.1 Å². The fraction of sp³-hybridized carbons (Fsp3) is 0.0909. The Labute approximate surface area is 158 Å². The number of benzene rings is 3. The molecule has 3 rings (SSSR count). The van der Waals surface area contributed by atoms with Crippen molar-refractivity contribution in [1.29, 1.82) is 0 Å². The van der Waals surface area contributed by atoms with Crippen LogP contribution in [0.4, 0.5) is 11.4 Å². The third-order valence-corrected chi connectivity index (χ3v) is 4.10. The van der Waals surface area contributed by atoms with E-state index in [1.54, 1.807) is 25.2 Å². The number of amides is 2. The summed E-state index contributed by atoms with van der Waals surface area (Å²) >= 11 is 0. The molecule has 3 N–H and O–H groups in total. The zero-order valence-electron chi connectivity index (χ0n) is 15.0. The van der Waals surface area contributed by atoms with Gasteiger partial charge in [0.05, 0.1) is 0 Å². The second-order valence-corrected chi connectivity index (χ2v) is 6.00. The Morgan fingerprint density at radius 1 is 0.778 bits per heavy atom. The summed E-state index contributed by atoms with van der Waals surface area (Å²) < 4.78 is 0. The first-order chi connectivity index (χ1) is 13.2. The normalized spacial score (nSPS) is 11.3. The molecule has 5 heteroatoms. The highest BCUT2D eigenvalue weighted by atomic mass is 16.2. The molecule has 0 heterocycles. The number of nitrogens with one attached hydrogen (secondary N) is 3. The number of carbonyl (C=O) groups is 2. The molecule has 0 radical (unpaired) electrons. The highest BCUT2D eigenvalue weighted by Crippen LogP contribution is 2.22. The summed E-state index contributed by atoms with van der Waals surface area (Å²) in [5.74, 6) is -0.360. The predicted molar refractivity (Wildman–Crippen MR) is 108 cm³/mol. The Morgan fingerprint density at radius 2 is 1.41 bits per heavy atom. The molecule has 0 aliphatic rings. The van der Waals surface area contributed by atoms with Crippen LogP contribution in [0.25, 0.3) is 0 Å². The van der Waals surface area contributed by atoms with Gasteiger partial charge >= 0.3 is 0 Å². The van der Waals surface area contributed by atoms with Crippen molar-refractivity contribution < 1.29 is 9.59 Å². The van der Waals surface area contributed by atoms with E-state index in [4.69, 9.17) is 0 Å². The van der Waals surface area contributed by atoms with Gasteiger partial charge in [0.15, 0.2) is 0 Å². The van der Waals surface area contributed by atoms with E-state index in [0.29, 0.717) is 11.3 Å². The van der Waals surface area contributed by atoms with Crippen molar-refractivity contribution >= 4 is 23.2 Å². The van der Waals surface area contributed by atoms with Gasteiger partial charge in [-0.05, 0) is 35.9 Å². The van der Waals surface area contributed by atoms with E-state index in [0.717, 1.165) is 11.3 Å². The summed E-state index contributed by atoms with van der Waals surface area (Å²) in [5.41, 5.74) is 2.77. The van der Waals surface area contributed by atoms with Crippen LogP contribution in [0.15, 0.2) is 84.9 Å². The first-order valence-corrected chi connectivity index (χ1v) is 8.67. The summed E-state index contributed by atoms with van der Waals surface area (Å²) in [7, 11) is 1.59. The van der Waals surface area contributed by atoms with Gasteiger partial charge in [0.1, 0.15) is 6.04 Å². The summed E-state index contributed by atoms with van der Waals surface area (Å²) in [4.78, 5) is 24.8. The molecule has 0 bridgehead atoms. The quantitative estimate of drug-likeness (QED) is 0.626. The lowest BCUT2D eigenvalue weighted by Crippen LogP contribution is -2.27. The van der Waals surface area contributed by atoms with Crippen LogP contribution in [0.2, 0.25) is 0 Å². The molecule has 5 nitrogen and oxygen atoms in total. The van der Waals surface area contributed by atoms with Gasteiger partial charge in [-0.2, -0.15) is 0 Å². The molecule has 3 aromatic rings. The van der Waals surface area contributed by atoms with Crippen molar-refractivity contribution in [2.75, 3.05) is 17.7 Å². The standard InChI is InChI=1S/C22H21N3O2/c1-23-21(26)17-11-8-14-19(15-17)24-20(16-9-4-2-5-10-16)22(27)25-18-12-6-3-7-13-18/h2-15,20,24H,1H3,(H,23,26)(H,25,27)/t20-/m1/s1. The van der Waals surface area contributed by atoms with Crippen LogP contribution in [0.5, 0.6) is 0 Å². The number of rotatable bonds is 6. The Bertz CT molecular complexity index is 911. The van der Waals surface area contributed by atoms with Crippen LogP contribution in [0.3, 0.4) is 0 Å². The highest BCUT2D eigenvalue weighted by molar-refractivity contribution is 5.98. The van der Waals surface area contributed by atoms with Gasteiger partial charge in [0, 0.05) is 24.0 Å². The summed E-state index contributed by atoms with van der Waals surface area (Å²) in [6.07, 6.45) is 0. The van der Waals surface area contributed by atoms with Crippen molar-refractivity contribution in [3.8, 4) is 0 Å². The van der Waals surface area contributed by atoms with Gasteiger partial charge in [-0.1, -0.05) is 54.6 Å². The predicted octanol–water partition coefficient (Wildman–Crippen LogP) is 3.84. The van der Waals surface area contributed by atoms with Crippen molar-refractivity contribution in [1.82, 2.24) is 5.32 Å². The Balaban J connectivity index is 1.87. The summed E-state index contributed by atoms with van der Waals surface area (Å²) in [6, 6.07) is 25.2. The van der Waals surface area contributed by atoms with E-state index < -0.39 is 6.04 Å². The molecule has 0 aliphatic heterocycles. The lowest BCUT2D eigenvalue weighted by molar-refractivity contribution is -0.117. The third kappa shape index (κ3) is 4.73. The molecular weight excluding hydrogens is 338 g/mol. The first-order valence-electron chi connectivity index (χ1n) is 8.67. The molecule has 3 aromatic carbocycles. The molecule has 1 atom stereocenters. The maximum Gasteiger partial charge on any atom is 0.251 e. The number of carbonyl (C=O) groups excluding carboxylic acids is 2. The summed E-state index contributed by atoms with van der Waals surface area (Å²) in [6.45, 7) is 0. The lowest BCUT2D eigenvalue weighted by atomic mass is 10.0. The lowest BCUT2D eigenvalue weighted by Gasteiger charge is -2.20. The molecule has 0 fully saturated rings. The second kappa shape index (κ2) is 8.67. The van der Waals surface area contributed by atoms with Crippen LogP contribution in [-0.4, -0.2) is 18.9 Å². The molecule has 27 heavy (non-hydrogen) atoms. The zero-order valence-corrected chi connectivity index (χ0v) is 15.0. The molecule has 0 aromatic heterocycles. The van der Waals surface area contributed by atoms with Crippen LogP contribution >= 0.6 is 0 Å². The van der Waals surface area contributed by atoms with Gasteiger partial charge in [-0.25, -0.2) is 0 Å². The van der Waals surface area contributed by atoms with Gasteiger partial charge in [-0.3, -0.25) is 9.59 Å². The minimum atomic E-state index is -0.605. The summed E-state index contributed by atoms with van der Waals surface area (Å²) in [5, 5.41) is 8.77. The SMILES string of the molecule is CNC(=O)c1cccc(N[C@@H](C(=O)Nc2ccccc2)c2ccccc2)c1. The van der Waals surface area contributed by atoms with E-state index in [1.807, 2.05) is 66.7 Å². The maximum atomic E-state index is 12.9. The molecule has 0 unspecified atom stereocenters. The average molecular weight is 359 g/mol. The van der Waals surface area contributed by atoms with E-state index in [9.17, 15) is 9.59 Å². The van der Waals surface area contributed by atoms with Crippen LogP contribution in [0.1, 0.15) is 22.0 Å². The van der Waals surface area contributed by atoms with Crippen LogP contribution in [-0.2, 0) is 4.79 Å². The maximum absolute atomic E-state index is 12.9. The van der Waals surface area contributed by atoms with E-state index >= 15 is 0 Å². The van der Waals surface area contributed by atoms with Gasteiger partial charge < -0.3 is 16.0 Å². The molecular formula is C22H21N3O2. The largest absolute Gasteiger partial charge is 0.370 e. The van der Waals surface area contributed by atoms with E-state index in [1.165, 1.54) is 0 Å². The molecule has 0 saturated carbocycles. The molecule has 0 spiro atoms. The fourth-order valence-corrected chi connectivity index (χ4v) is 2.74. The zero-order chi connectivity index (χ0) is 19.1. The van der Waals surface area contributed by atoms with Gasteiger partial charge in [0.25, 0.3) is 11.8 Å². The third-order valence-electron chi connectivity index (χ3n) is 4.10. The smallest absolute Gasteiger partial charge is 0.251 e. The fourth-order valence-electron chi connectivity index (χ4n) is 2.74. The molecule has 0 saturated heterocycles. The number of anilines is 2. The minimum absolute atomic E-state index is 0.177.